The maximum Gasteiger partial charge on any atom is 0.329 e. The van der Waals surface area contributed by atoms with Crippen LogP contribution in [0.25, 0.3) is 11.0 Å². The maximum absolute atomic E-state index is 13.3. The fourth-order valence-electron chi connectivity index (χ4n) is 4.17. The topological polar surface area (TPSA) is 103 Å². The zero-order valence-electron chi connectivity index (χ0n) is 18.8. The summed E-state index contributed by atoms with van der Waals surface area (Å²) in [5.74, 6) is -0.176. The molecule has 1 aromatic heterocycles. The molecule has 0 unspecified atom stereocenters. The minimum atomic E-state index is -3.77. The van der Waals surface area contributed by atoms with Crippen LogP contribution in [0.3, 0.4) is 0 Å². The molecule has 33 heavy (non-hydrogen) atoms. The van der Waals surface area contributed by atoms with Crippen LogP contribution in [-0.2, 0) is 28.4 Å². The van der Waals surface area contributed by atoms with E-state index >= 15 is 0 Å². The molecule has 2 aromatic carbocycles. The van der Waals surface area contributed by atoms with E-state index in [0.717, 1.165) is 24.8 Å². The molecule has 4 rings (SSSR count). The Balaban J connectivity index is 1.61. The fraction of sp³-hybridized carbons (Fsp3) is 0.391. The van der Waals surface area contributed by atoms with Crippen LogP contribution in [0.4, 0.5) is 5.69 Å². The van der Waals surface area contributed by atoms with Gasteiger partial charge in [-0.25, -0.2) is 13.2 Å². The van der Waals surface area contributed by atoms with Crippen LogP contribution in [0.2, 0.25) is 0 Å². The number of carbonyl (C=O) groups is 1. The minimum Gasteiger partial charge on any atom is -0.492 e. The van der Waals surface area contributed by atoms with Crippen molar-refractivity contribution in [1.82, 2.24) is 13.4 Å². The number of hydrogen-bond donors (Lipinski definition) is 1. The Bertz CT molecular complexity index is 1340. The van der Waals surface area contributed by atoms with Gasteiger partial charge >= 0.3 is 5.69 Å². The number of sulfonamides is 1. The van der Waals surface area contributed by atoms with Crippen LogP contribution in [0.1, 0.15) is 26.2 Å². The van der Waals surface area contributed by atoms with Gasteiger partial charge in [-0.15, -0.1) is 0 Å². The van der Waals surface area contributed by atoms with E-state index in [0.29, 0.717) is 30.9 Å². The third-order valence-corrected chi connectivity index (χ3v) is 7.73. The lowest BCUT2D eigenvalue weighted by Crippen LogP contribution is -2.35. The summed E-state index contributed by atoms with van der Waals surface area (Å²) < 4.78 is 36.5. The molecular weight excluding hydrogens is 444 g/mol. The maximum atomic E-state index is 13.3. The minimum absolute atomic E-state index is 0.0337. The van der Waals surface area contributed by atoms with Gasteiger partial charge in [0.2, 0.25) is 15.9 Å². The highest BCUT2D eigenvalue weighted by Crippen LogP contribution is 2.31. The van der Waals surface area contributed by atoms with Crippen molar-refractivity contribution in [3.8, 4) is 5.75 Å². The van der Waals surface area contributed by atoms with Gasteiger partial charge in [0.15, 0.2) is 0 Å². The number of aromatic nitrogens is 2. The summed E-state index contributed by atoms with van der Waals surface area (Å²) in [4.78, 5) is 25.4. The second kappa shape index (κ2) is 9.40. The quantitative estimate of drug-likeness (QED) is 0.569. The van der Waals surface area contributed by atoms with Crippen LogP contribution in [0.5, 0.6) is 5.75 Å². The summed E-state index contributed by atoms with van der Waals surface area (Å²) in [7, 11) is -2.11. The summed E-state index contributed by atoms with van der Waals surface area (Å²) in [5, 5.41) is 2.73. The molecule has 0 aliphatic carbocycles. The third-order valence-electron chi connectivity index (χ3n) is 5.81. The molecular formula is C23H28N4O5S. The average molecular weight is 473 g/mol. The number of benzene rings is 2. The zero-order valence-corrected chi connectivity index (χ0v) is 19.6. The van der Waals surface area contributed by atoms with E-state index in [9.17, 15) is 18.0 Å². The van der Waals surface area contributed by atoms with Gasteiger partial charge in [0.05, 0.1) is 17.6 Å². The molecule has 1 fully saturated rings. The number of piperidine rings is 1. The van der Waals surface area contributed by atoms with Crippen molar-refractivity contribution >= 4 is 32.7 Å². The van der Waals surface area contributed by atoms with Gasteiger partial charge in [-0.05, 0) is 50.1 Å². The number of hydrogen-bond acceptors (Lipinski definition) is 5. The molecule has 10 heteroatoms. The van der Waals surface area contributed by atoms with E-state index in [1.807, 2.05) is 12.1 Å². The molecule has 1 amide bonds. The molecule has 1 N–H and O–H groups in total. The number of carbonyl (C=O) groups excluding carboxylic acids is 1. The Morgan fingerprint density at radius 2 is 1.76 bits per heavy atom. The molecule has 1 aliphatic heterocycles. The van der Waals surface area contributed by atoms with Crippen LogP contribution < -0.4 is 15.7 Å². The number of fused-ring (bicyclic) bond motifs is 1. The van der Waals surface area contributed by atoms with Crippen molar-refractivity contribution in [1.29, 1.82) is 0 Å². The smallest absolute Gasteiger partial charge is 0.329 e. The van der Waals surface area contributed by atoms with Crippen LogP contribution in [-0.4, -0.2) is 47.5 Å². The first kappa shape index (κ1) is 23.1. The Morgan fingerprint density at radius 1 is 1.06 bits per heavy atom. The molecule has 9 nitrogen and oxygen atoms in total. The molecule has 1 aliphatic rings. The summed E-state index contributed by atoms with van der Waals surface area (Å²) >= 11 is 0. The SMILES string of the molecule is CCOc1ccc(NC(=O)Cn2c(=O)n(C)c3ccccc32)cc1S(=O)(=O)N1CCCCC1. The van der Waals surface area contributed by atoms with Gasteiger partial charge in [-0.3, -0.25) is 13.9 Å². The second-order valence-corrected chi connectivity index (χ2v) is 9.93. The molecule has 1 saturated heterocycles. The average Bonchev–Trinajstić information content (AvgIpc) is 3.05. The van der Waals surface area contributed by atoms with E-state index in [1.165, 1.54) is 19.5 Å². The highest BCUT2D eigenvalue weighted by Gasteiger charge is 2.29. The van der Waals surface area contributed by atoms with Gasteiger partial charge in [0.25, 0.3) is 0 Å². The standard InChI is InChI=1S/C23H28N4O5S/c1-3-32-20-12-11-17(15-21(20)33(30,31)26-13-7-4-8-14-26)24-22(28)16-27-19-10-6-5-9-18(19)25(2)23(27)29/h5-6,9-12,15H,3-4,7-8,13-14,16H2,1-2H3,(H,24,28). The number of para-hydroxylation sites is 2. The van der Waals surface area contributed by atoms with Crippen molar-refractivity contribution in [2.45, 2.75) is 37.6 Å². The molecule has 2 heterocycles. The molecule has 0 saturated carbocycles. The van der Waals surface area contributed by atoms with Crippen LogP contribution >= 0.6 is 0 Å². The predicted octanol–water partition coefficient (Wildman–Crippen LogP) is 2.55. The Labute approximate surface area is 192 Å². The Kier molecular flexibility index (Phi) is 6.57. The zero-order chi connectivity index (χ0) is 23.6. The molecule has 0 atom stereocenters. The predicted molar refractivity (Wildman–Crippen MR) is 126 cm³/mol. The van der Waals surface area contributed by atoms with Crippen LogP contribution in [0.15, 0.2) is 52.2 Å². The summed E-state index contributed by atoms with van der Waals surface area (Å²) in [6.45, 7) is 2.84. The number of rotatable bonds is 7. The lowest BCUT2D eigenvalue weighted by Gasteiger charge is -2.27. The number of ether oxygens (including phenoxy) is 1. The fourth-order valence-corrected chi connectivity index (χ4v) is 5.84. The van der Waals surface area contributed by atoms with Gasteiger partial charge < -0.3 is 10.1 Å². The Hall–Kier alpha value is -3.11. The van der Waals surface area contributed by atoms with Gasteiger partial charge in [-0.2, -0.15) is 4.31 Å². The number of aryl methyl sites for hydroxylation is 1. The molecule has 176 valence electrons. The molecule has 0 spiro atoms. The molecule has 0 bridgehead atoms. The van der Waals surface area contributed by atoms with Gasteiger partial charge in [0, 0.05) is 25.8 Å². The van der Waals surface area contributed by atoms with Crippen molar-refractivity contribution in [2.24, 2.45) is 7.05 Å². The highest BCUT2D eigenvalue weighted by molar-refractivity contribution is 7.89. The van der Waals surface area contributed by atoms with Crippen molar-refractivity contribution in [3.63, 3.8) is 0 Å². The third kappa shape index (κ3) is 4.53. The monoisotopic (exact) mass is 472 g/mol. The first-order valence-corrected chi connectivity index (χ1v) is 12.5. The Morgan fingerprint density at radius 3 is 2.45 bits per heavy atom. The van der Waals surface area contributed by atoms with Crippen LogP contribution in [0, 0.1) is 0 Å². The van der Waals surface area contributed by atoms with E-state index < -0.39 is 15.9 Å². The molecule has 3 aromatic rings. The number of anilines is 1. The van der Waals surface area contributed by atoms with Gasteiger partial charge in [0.1, 0.15) is 17.2 Å². The lowest BCUT2D eigenvalue weighted by atomic mass is 10.2. The number of nitrogens with zero attached hydrogens (tertiary/aromatic N) is 3. The summed E-state index contributed by atoms with van der Waals surface area (Å²) in [6.07, 6.45) is 2.65. The van der Waals surface area contributed by atoms with Crippen molar-refractivity contribution in [3.05, 3.63) is 52.9 Å². The number of nitrogens with one attached hydrogen (secondary N) is 1. The van der Waals surface area contributed by atoms with Crippen molar-refractivity contribution < 1.29 is 17.9 Å². The van der Waals surface area contributed by atoms with Crippen molar-refractivity contribution in [2.75, 3.05) is 25.0 Å². The highest BCUT2D eigenvalue weighted by atomic mass is 32.2. The summed E-state index contributed by atoms with van der Waals surface area (Å²) in [5.41, 5.74) is 1.41. The lowest BCUT2D eigenvalue weighted by molar-refractivity contribution is -0.116. The first-order valence-electron chi connectivity index (χ1n) is 11.0. The summed E-state index contributed by atoms with van der Waals surface area (Å²) in [6, 6.07) is 11.8. The molecule has 0 radical (unpaired) electrons. The van der Waals surface area contributed by atoms with E-state index in [4.69, 9.17) is 4.74 Å². The second-order valence-electron chi connectivity index (χ2n) is 8.02. The first-order chi connectivity index (χ1) is 15.8. The number of imidazole rings is 1. The number of amides is 1. The van der Waals surface area contributed by atoms with E-state index in [2.05, 4.69) is 5.32 Å². The van der Waals surface area contributed by atoms with E-state index in [1.54, 1.807) is 38.2 Å². The normalized spacial score (nSPS) is 15.0. The van der Waals surface area contributed by atoms with E-state index in [-0.39, 0.29) is 22.9 Å². The largest absolute Gasteiger partial charge is 0.492 e. The van der Waals surface area contributed by atoms with Gasteiger partial charge in [-0.1, -0.05) is 18.6 Å².